The SMILES string of the molecule is CC(C)n1nnc(Sc2ncc(NC(=O)c3ccccc3)s2)n1. The van der Waals surface area contributed by atoms with Crippen LogP contribution in [0.3, 0.4) is 0 Å². The van der Waals surface area contributed by atoms with Crippen LogP contribution in [0, 0.1) is 0 Å². The maximum absolute atomic E-state index is 12.1. The second kappa shape index (κ2) is 6.88. The van der Waals surface area contributed by atoms with Crippen molar-refractivity contribution >= 4 is 34.0 Å². The normalized spacial score (nSPS) is 10.9. The van der Waals surface area contributed by atoms with Gasteiger partial charge in [0.25, 0.3) is 5.91 Å². The molecule has 0 fully saturated rings. The maximum Gasteiger partial charge on any atom is 0.256 e. The summed E-state index contributed by atoms with van der Waals surface area (Å²) in [6, 6.07) is 9.21. The van der Waals surface area contributed by atoms with E-state index in [1.807, 2.05) is 32.0 Å². The van der Waals surface area contributed by atoms with E-state index in [4.69, 9.17) is 0 Å². The van der Waals surface area contributed by atoms with Gasteiger partial charge in [0.2, 0.25) is 5.16 Å². The Morgan fingerprint density at radius 1 is 1.30 bits per heavy atom. The van der Waals surface area contributed by atoms with E-state index in [9.17, 15) is 4.79 Å². The average molecular weight is 346 g/mol. The van der Waals surface area contributed by atoms with Gasteiger partial charge in [0.15, 0.2) is 4.34 Å². The minimum Gasteiger partial charge on any atom is -0.312 e. The van der Waals surface area contributed by atoms with Crippen molar-refractivity contribution in [2.45, 2.75) is 29.4 Å². The Hall–Kier alpha value is -2.26. The summed E-state index contributed by atoms with van der Waals surface area (Å²) in [5.41, 5.74) is 0.608. The molecule has 1 N–H and O–H groups in total. The summed E-state index contributed by atoms with van der Waals surface area (Å²) < 4.78 is 0.747. The van der Waals surface area contributed by atoms with Gasteiger partial charge in [0.05, 0.1) is 12.2 Å². The fourth-order valence-electron chi connectivity index (χ4n) is 1.69. The van der Waals surface area contributed by atoms with Crippen LogP contribution in [0.25, 0.3) is 0 Å². The van der Waals surface area contributed by atoms with E-state index in [1.165, 1.54) is 23.1 Å². The number of thiazole rings is 1. The highest BCUT2D eigenvalue weighted by Crippen LogP contribution is 2.31. The third kappa shape index (κ3) is 3.93. The quantitative estimate of drug-likeness (QED) is 0.764. The molecule has 0 aliphatic heterocycles. The highest BCUT2D eigenvalue weighted by atomic mass is 32.2. The summed E-state index contributed by atoms with van der Waals surface area (Å²) in [4.78, 5) is 17.9. The van der Waals surface area contributed by atoms with Gasteiger partial charge in [-0.1, -0.05) is 29.5 Å². The number of hydrogen-bond donors (Lipinski definition) is 1. The number of tetrazole rings is 1. The predicted octanol–water partition coefficient (Wildman–Crippen LogP) is 3.11. The molecule has 9 heteroatoms. The van der Waals surface area contributed by atoms with Gasteiger partial charge in [-0.3, -0.25) is 4.79 Å². The number of carbonyl (C=O) groups is 1. The molecule has 0 saturated heterocycles. The molecular formula is C14H14N6OS2. The van der Waals surface area contributed by atoms with E-state index in [0.29, 0.717) is 15.7 Å². The smallest absolute Gasteiger partial charge is 0.256 e. The highest BCUT2D eigenvalue weighted by molar-refractivity contribution is 8.00. The van der Waals surface area contributed by atoms with Crippen molar-refractivity contribution in [3.05, 3.63) is 42.1 Å². The van der Waals surface area contributed by atoms with Gasteiger partial charge in [-0.05, 0) is 43.0 Å². The van der Waals surface area contributed by atoms with E-state index in [-0.39, 0.29) is 11.9 Å². The van der Waals surface area contributed by atoms with Crippen molar-refractivity contribution in [2.24, 2.45) is 0 Å². The van der Waals surface area contributed by atoms with Crippen molar-refractivity contribution in [3.63, 3.8) is 0 Å². The molecule has 0 spiro atoms. The van der Waals surface area contributed by atoms with Crippen LogP contribution in [-0.4, -0.2) is 31.1 Å². The number of aromatic nitrogens is 5. The largest absolute Gasteiger partial charge is 0.312 e. The van der Waals surface area contributed by atoms with Gasteiger partial charge >= 0.3 is 0 Å². The lowest BCUT2D eigenvalue weighted by Gasteiger charge is -2.00. The lowest BCUT2D eigenvalue weighted by molar-refractivity contribution is 0.102. The van der Waals surface area contributed by atoms with Crippen LogP contribution < -0.4 is 5.32 Å². The predicted molar refractivity (Wildman–Crippen MR) is 88.8 cm³/mol. The Kier molecular flexibility index (Phi) is 4.68. The first-order chi connectivity index (χ1) is 11.1. The third-order valence-electron chi connectivity index (χ3n) is 2.81. The van der Waals surface area contributed by atoms with Crippen LogP contribution in [-0.2, 0) is 0 Å². The van der Waals surface area contributed by atoms with Crippen molar-refractivity contribution in [1.82, 2.24) is 25.2 Å². The summed E-state index contributed by atoms with van der Waals surface area (Å²) in [5.74, 6) is -0.158. The van der Waals surface area contributed by atoms with Gasteiger partial charge in [0.1, 0.15) is 5.00 Å². The van der Waals surface area contributed by atoms with Crippen LogP contribution in [0.15, 0.2) is 46.0 Å². The van der Waals surface area contributed by atoms with Gasteiger partial charge in [-0.2, -0.15) is 4.80 Å². The number of nitrogens with one attached hydrogen (secondary N) is 1. The van der Waals surface area contributed by atoms with Gasteiger partial charge in [-0.15, -0.1) is 10.2 Å². The van der Waals surface area contributed by atoms with Gasteiger partial charge < -0.3 is 5.32 Å². The first-order valence-electron chi connectivity index (χ1n) is 6.91. The lowest BCUT2D eigenvalue weighted by Crippen LogP contribution is -2.10. The molecule has 0 saturated carbocycles. The second-order valence-corrected chi connectivity index (χ2v) is 7.14. The number of carbonyl (C=O) groups excluding carboxylic acids is 1. The fraction of sp³-hybridized carbons (Fsp3) is 0.214. The number of hydrogen-bond acceptors (Lipinski definition) is 7. The Morgan fingerprint density at radius 2 is 2.09 bits per heavy atom. The minimum absolute atomic E-state index is 0.158. The van der Waals surface area contributed by atoms with E-state index >= 15 is 0 Å². The maximum atomic E-state index is 12.1. The molecule has 0 radical (unpaired) electrons. The van der Waals surface area contributed by atoms with Crippen LogP contribution in [0.1, 0.15) is 30.2 Å². The third-order valence-corrected chi connectivity index (χ3v) is 4.64. The van der Waals surface area contributed by atoms with Gasteiger partial charge in [0, 0.05) is 5.56 Å². The molecule has 1 aromatic carbocycles. The Morgan fingerprint density at radius 3 is 2.78 bits per heavy atom. The molecular weight excluding hydrogens is 332 g/mol. The zero-order chi connectivity index (χ0) is 16.2. The van der Waals surface area contributed by atoms with Crippen LogP contribution in [0.4, 0.5) is 5.00 Å². The first-order valence-corrected chi connectivity index (χ1v) is 8.54. The minimum atomic E-state index is -0.158. The Labute approximate surface area is 141 Å². The topological polar surface area (TPSA) is 85.6 Å². The second-order valence-electron chi connectivity index (χ2n) is 4.90. The molecule has 2 aromatic heterocycles. The number of nitrogens with zero attached hydrogens (tertiary/aromatic N) is 5. The molecule has 3 rings (SSSR count). The van der Waals surface area contributed by atoms with Crippen LogP contribution in [0.2, 0.25) is 0 Å². The van der Waals surface area contributed by atoms with Crippen molar-refractivity contribution in [2.75, 3.05) is 5.32 Å². The van der Waals surface area contributed by atoms with Gasteiger partial charge in [-0.25, -0.2) is 4.98 Å². The molecule has 2 heterocycles. The molecule has 0 aliphatic rings. The van der Waals surface area contributed by atoms with Crippen LogP contribution >= 0.6 is 23.1 Å². The number of rotatable bonds is 5. The highest BCUT2D eigenvalue weighted by Gasteiger charge is 2.12. The molecule has 0 atom stereocenters. The van der Waals surface area contributed by atoms with Crippen molar-refractivity contribution in [1.29, 1.82) is 0 Å². The standard InChI is InChI=1S/C14H14N6OS2/c1-9(2)20-18-13(17-19-20)23-14-15-8-11(22-14)16-12(21)10-6-4-3-5-7-10/h3-9H,1-2H3,(H,16,21). The summed E-state index contributed by atoms with van der Waals surface area (Å²) in [7, 11) is 0. The fourth-order valence-corrected chi connectivity index (χ4v) is 3.35. The Bertz CT molecular complexity index is 798. The summed E-state index contributed by atoms with van der Waals surface area (Å²) in [6.45, 7) is 3.97. The average Bonchev–Trinajstić information content (AvgIpc) is 3.18. The van der Waals surface area contributed by atoms with E-state index in [0.717, 1.165) is 4.34 Å². The monoisotopic (exact) mass is 346 g/mol. The molecule has 118 valence electrons. The number of anilines is 1. The molecule has 0 aliphatic carbocycles. The zero-order valence-electron chi connectivity index (χ0n) is 12.5. The van der Waals surface area contributed by atoms with Crippen molar-refractivity contribution in [3.8, 4) is 0 Å². The molecule has 7 nitrogen and oxygen atoms in total. The Balaban J connectivity index is 1.64. The van der Waals surface area contributed by atoms with Crippen molar-refractivity contribution < 1.29 is 4.79 Å². The van der Waals surface area contributed by atoms with E-state index in [1.54, 1.807) is 23.1 Å². The molecule has 1 amide bonds. The molecule has 3 aromatic rings. The van der Waals surface area contributed by atoms with E-state index in [2.05, 4.69) is 25.7 Å². The van der Waals surface area contributed by atoms with Crippen LogP contribution in [0.5, 0.6) is 0 Å². The van der Waals surface area contributed by atoms with E-state index < -0.39 is 0 Å². The molecule has 0 unspecified atom stereocenters. The zero-order valence-corrected chi connectivity index (χ0v) is 14.1. The molecule has 0 bridgehead atoms. The summed E-state index contributed by atoms with van der Waals surface area (Å²) >= 11 is 2.69. The lowest BCUT2D eigenvalue weighted by atomic mass is 10.2. The molecule has 23 heavy (non-hydrogen) atoms. The summed E-state index contributed by atoms with van der Waals surface area (Å²) in [5, 5.41) is 16.2. The number of benzene rings is 1. The first kappa shape index (κ1) is 15.6. The summed E-state index contributed by atoms with van der Waals surface area (Å²) in [6.07, 6.45) is 1.63. The number of amides is 1.